The fourth-order valence-corrected chi connectivity index (χ4v) is 4.65. The number of ether oxygens (including phenoxy) is 2. The number of methoxy groups -OCH3 is 1. The van der Waals surface area contributed by atoms with Crippen LogP contribution in [0.25, 0.3) is 0 Å². The Bertz CT molecular complexity index is 922. The first kappa shape index (κ1) is 24.7. The molecule has 7 heteroatoms. The van der Waals surface area contributed by atoms with E-state index in [1.807, 2.05) is 74.2 Å². The first-order valence-corrected chi connectivity index (χ1v) is 11.5. The Kier molecular flexibility index (Phi) is 8.08. The Morgan fingerprint density at radius 3 is 2.48 bits per heavy atom. The molecule has 0 spiro atoms. The number of esters is 1. The van der Waals surface area contributed by atoms with Crippen molar-refractivity contribution in [2.45, 2.75) is 57.9 Å². The number of rotatable bonds is 8. The first-order valence-electron chi connectivity index (χ1n) is 11.5. The van der Waals surface area contributed by atoms with Crippen LogP contribution in [0.15, 0.2) is 54.7 Å². The van der Waals surface area contributed by atoms with E-state index in [1.165, 1.54) is 4.90 Å². The van der Waals surface area contributed by atoms with E-state index in [0.29, 0.717) is 6.54 Å². The number of carbonyl (C=O) groups is 2. The molecule has 1 aliphatic heterocycles. The van der Waals surface area contributed by atoms with Gasteiger partial charge < -0.3 is 19.3 Å². The largest absolute Gasteiger partial charge is 0.459 e. The van der Waals surface area contributed by atoms with Crippen molar-refractivity contribution in [1.29, 1.82) is 0 Å². The molecular weight excluding hydrogens is 418 g/mol. The number of amides is 2. The molecule has 1 aromatic heterocycles. The van der Waals surface area contributed by atoms with Crippen LogP contribution >= 0.6 is 0 Å². The summed E-state index contributed by atoms with van der Waals surface area (Å²) < 4.78 is 11.5. The lowest BCUT2D eigenvalue weighted by atomic mass is 9.90. The predicted octanol–water partition coefficient (Wildman–Crippen LogP) is 4.23. The first-order chi connectivity index (χ1) is 15.8. The van der Waals surface area contributed by atoms with E-state index in [4.69, 9.17) is 9.47 Å². The van der Waals surface area contributed by atoms with Crippen LogP contribution in [-0.2, 0) is 26.5 Å². The summed E-state index contributed by atoms with van der Waals surface area (Å²) in [5, 5.41) is 0. The smallest absolute Gasteiger partial charge is 0.329 e. The van der Waals surface area contributed by atoms with Crippen LogP contribution in [-0.4, -0.2) is 59.6 Å². The lowest BCUT2D eigenvalue weighted by Crippen LogP contribution is -2.56. The predicted molar refractivity (Wildman–Crippen MR) is 126 cm³/mol. The number of likely N-dealkylation sites (N-methyl/N-ethyl adjacent to an activating group) is 1. The summed E-state index contributed by atoms with van der Waals surface area (Å²) >= 11 is 0. The summed E-state index contributed by atoms with van der Waals surface area (Å²) in [6, 6.07) is 14.2. The van der Waals surface area contributed by atoms with E-state index >= 15 is 0 Å². The van der Waals surface area contributed by atoms with E-state index in [1.54, 1.807) is 20.4 Å². The second-order valence-corrected chi connectivity index (χ2v) is 9.05. The third-order valence-electron chi connectivity index (χ3n) is 6.55. The van der Waals surface area contributed by atoms with Crippen molar-refractivity contribution in [3.05, 3.63) is 66.0 Å². The molecule has 7 nitrogen and oxygen atoms in total. The second kappa shape index (κ2) is 10.8. The maximum absolute atomic E-state index is 13.6. The highest BCUT2D eigenvalue weighted by molar-refractivity contribution is 5.84. The summed E-state index contributed by atoms with van der Waals surface area (Å²) in [5.41, 5.74) is 0.936. The molecule has 3 rings (SSSR count). The van der Waals surface area contributed by atoms with E-state index in [9.17, 15) is 9.59 Å². The molecule has 1 fully saturated rings. The highest BCUT2D eigenvalue weighted by Gasteiger charge is 2.47. The molecule has 33 heavy (non-hydrogen) atoms. The van der Waals surface area contributed by atoms with Gasteiger partial charge in [-0.2, -0.15) is 0 Å². The van der Waals surface area contributed by atoms with Gasteiger partial charge in [-0.15, -0.1) is 0 Å². The Morgan fingerprint density at radius 1 is 1.18 bits per heavy atom. The highest BCUT2D eigenvalue weighted by atomic mass is 16.5. The lowest BCUT2D eigenvalue weighted by molar-refractivity contribution is -0.151. The minimum absolute atomic E-state index is 0.104. The van der Waals surface area contributed by atoms with E-state index in [-0.39, 0.29) is 24.6 Å². The SMILES string of the molecule is COC(C)(c1ccccn1)[C@H]1CCCN1C(=O)N(C)[C@H](C(=O)OCc1ccccc1)C(C)C. The molecule has 0 N–H and O–H groups in total. The van der Waals surface area contributed by atoms with Gasteiger partial charge in [0.2, 0.25) is 0 Å². The van der Waals surface area contributed by atoms with Crippen LogP contribution in [0.4, 0.5) is 4.79 Å². The molecule has 0 radical (unpaired) electrons. The molecule has 0 aliphatic carbocycles. The number of urea groups is 1. The molecule has 0 saturated carbocycles. The van der Waals surface area contributed by atoms with Crippen molar-refractivity contribution >= 4 is 12.0 Å². The van der Waals surface area contributed by atoms with Crippen molar-refractivity contribution in [2.75, 3.05) is 20.7 Å². The normalized spacial score (nSPS) is 18.6. The van der Waals surface area contributed by atoms with Crippen molar-refractivity contribution in [1.82, 2.24) is 14.8 Å². The zero-order valence-corrected chi connectivity index (χ0v) is 20.2. The van der Waals surface area contributed by atoms with Gasteiger partial charge in [-0.3, -0.25) is 4.98 Å². The van der Waals surface area contributed by atoms with E-state index in [2.05, 4.69) is 4.98 Å². The van der Waals surface area contributed by atoms with Crippen molar-refractivity contribution in [2.24, 2.45) is 5.92 Å². The standard InChI is InChI=1S/C26H35N3O4/c1-19(2)23(24(30)33-18-20-12-7-6-8-13-20)28(4)25(31)29-17-11-15-22(29)26(3,32-5)21-14-9-10-16-27-21/h6-10,12-14,16,19,22-23H,11,15,17-18H2,1-5H3/t22-,23+,26?/m1/s1. The topological polar surface area (TPSA) is 72.0 Å². The number of aromatic nitrogens is 1. The summed E-state index contributed by atoms with van der Waals surface area (Å²) in [6.07, 6.45) is 3.39. The van der Waals surface area contributed by atoms with Crippen molar-refractivity contribution in [3.63, 3.8) is 0 Å². The van der Waals surface area contributed by atoms with Crippen LogP contribution in [0.3, 0.4) is 0 Å². The molecule has 2 amide bonds. The van der Waals surface area contributed by atoms with Gasteiger partial charge in [-0.25, -0.2) is 9.59 Å². The summed E-state index contributed by atoms with van der Waals surface area (Å²) in [5.74, 6) is -0.507. The quantitative estimate of drug-likeness (QED) is 0.560. The molecule has 0 bridgehead atoms. The van der Waals surface area contributed by atoms with Crippen LogP contribution in [0, 0.1) is 5.92 Å². The van der Waals surface area contributed by atoms with E-state index in [0.717, 1.165) is 24.1 Å². The molecular formula is C26H35N3O4. The van der Waals surface area contributed by atoms with E-state index < -0.39 is 17.6 Å². The molecule has 3 atom stereocenters. The van der Waals surface area contributed by atoms with Crippen molar-refractivity contribution < 1.29 is 19.1 Å². The minimum Gasteiger partial charge on any atom is -0.459 e. The summed E-state index contributed by atoms with van der Waals surface area (Å²) in [6.45, 7) is 6.60. The Balaban J connectivity index is 1.77. The average Bonchev–Trinajstić information content (AvgIpc) is 3.33. The van der Waals surface area contributed by atoms with Gasteiger partial charge in [0.25, 0.3) is 0 Å². The molecule has 1 saturated heterocycles. The molecule has 1 unspecified atom stereocenters. The molecule has 1 aliphatic rings. The second-order valence-electron chi connectivity index (χ2n) is 9.05. The van der Waals surface area contributed by atoms with Crippen LogP contribution in [0.1, 0.15) is 44.9 Å². The lowest BCUT2D eigenvalue weighted by Gasteiger charge is -2.41. The molecule has 2 aromatic rings. The summed E-state index contributed by atoms with van der Waals surface area (Å²) in [7, 11) is 3.33. The maximum Gasteiger partial charge on any atom is 0.329 e. The third kappa shape index (κ3) is 5.36. The van der Waals surface area contributed by atoms with Gasteiger partial charge in [-0.1, -0.05) is 50.2 Å². The fourth-order valence-electron chi connectivity index (χ4n) is 4.65. The number of carbonyl (C=O) groups excluding carboxylic acids is 2. The highest BCUT2D eigenvalue weighted by Crippen LogP contribution is 2.37. The zero-order valence-electron chi connectivity index (χ0n) is 20.2. The zero-order chi connectivity index (χ0) is 24.0. The van der Waals surface area contributed by atoms with Gasteiger partial charge in [-0.05, 0) is 43.4 Å². The van der Waals surface area contributed by atoms with Crippen LogP contribution in [0.2, 0.25) is 0 Å². The number of benzene rings is 1. The Labute approximate surface area is 196 Å². The average molecular weight is 454 g/mol. The summed E-state index contributed by atoms with van der Waals surface area (Å²) in [4.78, 5) is 34.5. The fraction of sp³-hybridized carbons (Fsp3) is 0.500. The number of likely N-dealkylation sites (tertiary alicyclic amines) is 1. The molecule has 2 heterocycles. The van der Waals surface area contributed by atoms with Crippen LogP contribution < -0.4 is 0 Å². The Morgan fingerprint density at radius 2 is 1.88 bits per heavy atom. The third-order valence-corrected chi connectivity index (χ3v) is 6.55. The minimum atomic E-state index is -0.755. The van der Waals surface area contributed by atoms with Crippen molar-refractivity contribution in [3.8, 4) is 0 Å². The molecule has 1 aromatic carbocycles. The molecule has 178 valence electrons. The number of pyridine rings is 1. The Hall–Kier alpha value is -2.93. The van der Waals surface area contributed by atoms with Gasteiger partial charge in [0.1, 0.15) is 18.2 Å². The maximum atomic E-state index is 13.6. The van der Waals surface area contributed by atoms with Gasteiger partial charge in [0.15, 0.2) is 0 Å². The van der Waals surface area contributed by atoms with Crippen LogP contribution in [0.5, 0.6) is 0 Å². The monoisotopic (exact) mass is 453 g/mol. The number of nitrogens with zero attached hydrogens (tertiary/aromatic N) is 3. The van der Waals surface area contributed by atoms with Gasteiger partial charge in [0.05, 0.1) is 11.7 Å². The van der Waals surface area contributed by atoms with Gasteiger partial charge >= 0.3 is 12.0 Å². The number of hydrogen-bond donors (Lipinski definition) is 0. The van der Waals surface area contributed by atoms with Gasteiger partial charge in [0, 0.05) is 26.9 Å². The number of hydrogen-bond acceptors (Lipinski definition) is 5.